The van der Waals surface area contributed by atoms with Crippen LogP contribution in [0.2, 0.25) is 0 Å². The Labute approximate surface area is 136 Å². The smallest absolute Gasteiger partial charge is 0.165 e. The zero-order valence-electron chi connectivity index (χ0n) is 13.6. The summed E-state index contributed by atoms with van der Waals surface area (Å²) in [6.07, 6.45) is 4.03. The standard InChI is InChI=1S/C20H22O3/c1-13-5-6-16-14(10-13)7-8-20(22)18(21)11-15(12-19(16,20)2)17-4-3-9-23-17/h3-6,9-10,15,22H,7-8,11-12H2,1-2H3/t15?,19-,20+/m0/s1. The van der Waals surface area contributed by atoms with Crippen LogP contribution in [0.15, 0.2) is 41.0 Å². The molecule has 0 bridgehead atoms. The number of aryl methyl sites for hydroxylation is 2. The quantitative estimate of drug-likeness (QED) is 0.874. The molecular formula is C20H22O3. The van der Waals surface area contributed by atoms with Crippen LogP contribution in [-0.4, -0.2) is 16.5 Å². The fourth-order valence-electron chi connectivity index (χ4n) is 4.69. The minimum absolute atomic E-state index is 0.0371. The molecule has 0 amide bonds. The van der Waals surface area contributed by atoms with Gasteiger partial charge in [0.1, 0.15) is 11.4 Å². The normalized spacial score (nSPS) is 33.2. The van der Waals surface area contributed by atoms with E-state index < -0.39 is 11.0 Å². The highest BCUT2D eigenvalue weighted by molar-refractivity contribution is 5.91. The number of hydrogen-bond donors (Lipinski definition) is 1. The molecule has 0 saturated heterocycles. The van der Waals surface area contributed by atoms with Crippen LogP contribution >= 0.6 is 0 Å². The second-order valence-electron chi connectivity index (χ2n) is 7.40. The Morgan fingerprint density at radius 1 is 1.30 bits per heavy atom. The molecule has 1 N–H and O–H groups in total. The number of ketones is 1. The van der Waals surface area contributed by atoms with Crippen LogP contribution in [0.1, 0.15) is 54.6 Å². The van der Waals surface area contributed by atoms with Gasteiger partial charge in [-0.2, -0.15) is 0 Å². The lowest BCUT2D eigenvalue weighted by molar-refractivity contribution is -0.154. The summed E-state index contributed by atoms with van der Waals surface area (Å²) in [6.45, 7) is 4.13. The summed E-state index contributed by atoms with van der Waals surface area (Å²) in [5, 5.41) is 11.3. The molecule has 1 fully saturated rings. The van der Waals surface area contributed by atoms with E-state index in [1.54, 1.807) is 6.26 Å². The first kappa shape index (κ1) is 14.7. The number of hydrogen-bond acceptors (Lipinski definition) is 3. The van der Waals surface area contributed by atoms with Crippen LogP contribution in [0.4, 0.5) is 0 Å². The van der Waals surface area contributed by atoms with Crippen molar-refractivity contribution in [2.45, 2.75) is 56.5 Å². The molecule has 0 radical (unpaired) electrons. The lowest BCUT2D eigenvalue weighted by Crippen LogP contribution is -2.61. The Balaban J connectivity index is 1.84. The lowest BCUT2D eigenvalue weighted by atomic mass is 9.52. The first-order valence-electron chi connectivity index (χ1n) is 8.33. The average Bonchev–Trinajstić information content (AvgIpc) is 3.04. The van der Waals surface area contributed by atoms with Gasteiger partial charge in [0.05, 0.1) is 6.26 Å². The van der Waals surface area contributed by atoms with Crippen LogP contribution < -0.4 is 0 Å². The van der Waals surface area contributed by atoms with E-state index in [2.05, 4.69) is 25.1 Å². The summed E-state index contributed by atoms with van der Waals surface area (Å²) in [4.78, 5) is 12.8. The summed E-state index contributed by atoms with van der Waals surface area (Å²) >= 11 is 0. The van der Waals surface area contributed by atoms with Crippen molar-refractivity contribution in [1.29, 1.82) is 0 Å². The molecule has 0 aliphatic heterocycles. The van der Waals surface area contributed by atoms with Gasteiger partial charge in [0, 0.05) is 17.8 Å². The summed E-state index contributed by atoms with van der Waals surface area (Å²) in [5.74, 6) is 0.842. The summed E-state index contributed by atoms with van der Waals surface area (Å²) < 4.78 is 5.55. The number of aliphatic hydroxyl groups is 1. The maximum Gasteiger partial charge on any atom is 0.165 e. The molecule has 1 saturated carbocycles. The monoisotopic (exact) mass is 310 g/mol. The van der Waals surface area contributed by atoms with Crippen molar-refractivity contribution in [3.63, 3.8) is 0 Å². The van der Waals surface area contributed by atoms with Gasteiger partial charge in [-0.05, 0) is 49.4 Å². The minimum atomic E-state index is -1.25. The summed E-state index contributed by atoms with van der Waals surface area (Å²) in [7, 11) is 0. The second-order valence-corrected chi connectivity index (χ2v) is 7.40. The molecule has 120 valence electrons. The molecule has 2 aliphatic rings. The van der Waals surface area contributed by atoms with Crippen molar-refractivity contribution in [3.8, 4) is 0 Å². The van der Waals surface area contributed by atoms with E-state index in [0.717, 1.165) is 24.2 Å². The average molecular weight is 310 g/mol. The number of rotatable bonds is 1. The predicted molar refractivity (Wildman–Crippen MR) is 87.5 cm³/mol. The Hall–Kier alpha value is -1.87. The highest BCUT2D eigenvalue weighted by atomic mass is 16.3. The largest absolute Gasteiger partial charge is 0.469 e. The molecule has 3 nitrogen and oxygen atoms in total. The van der Waals surface area contributed by atoms with Gasteiger partial charge in [0.2, 0.25) is 0 Å². The van der Waals surface area contributed by atoms with Crippen LogP contribution in [0.3, 0.4) is 0 Å². The van der Waals surface area contributed by atoms with E-state index in [1.807, 2.05) is 19.1 Å². The summed E-state index contributed by atoms with van der Waals surface area (Å²) in [5.41, 5.74) is 1.81. The minimum Gasteiger partial charge on any atom is -0.469 e. The third-order valence-corrected chi connectivity index (χ3v) is 6.02. The van der Waals surface area contributed by atoms with Crippen LogP contribution in [0.25, 0.3) is 0 Å². The number of fused-ring (bicyclic) bond motifs is 3. The van der Waals surface area contributed by atoms with Crippen LogP contribution in [0.5, 0.6) is 0 Å². The fourth-order valence-corrected chi connectivity index (χ4v) is 4.69. The molecule has 3 heteroatoms. The Morgan fingerprint density at radius 3 is 2.87 bits per heavy atom. The van der Waals surface area contributed by atoms with E-state index in [9.17, 15) is 9.90 Å². The van der Waals surface area contributed by atoms with Crippen molar-refractivity contribution < 1.29 is 14.3 Å². The van der Waals surface area contributed by atoms with Crippen molar-refractivity contribution in [2.75, 3.05) is 0 Å². The number of Topliss-reactive ketones (excluding diaryl/α,β-unsaturated/α-hetero) is 1. The zero-order valence-corrected chi connectivity index (χ0v) is 13.6. The molecule has 1 heterocycles. The maximum absolute atomic E-state index is 12.8. The van der Waals surface area contributed by atoms with E-state index >= 15 is 0 Å². The van der Waals surface area contributed by atoms with Gasteiger partial charge in [-0.1, -0.05) is 30.7 Å². The van der Waals surface area contributed by atoms with Gasteiger partial charge in [0.25, 0.3) is 0 Å². The van der Waals surface area contributed by atoms with Crippen molar-refractivity contribution in [3.05, 3.63) is 59.0 Å². The molecule has 2 aliphatic carbocycles. The second kappa shape index (κ2) is 4.81. The SMILES string of the molecule is Cc1ccc2c(c1)CC[C@@]1(O)C(=O)CC(c3ccco3)C[C@@]21C. The molecule has 1 unspecified atom stereocenters. The molecule has 23 heavy (non-hydrogen) atoms. The fraction of sp³-hybridized carbons (Fsp3) is 0.450. The van der Waals surface area contributed by atoms with Crippen molar-refractivity contribution in [1.82, 2.24) is 0 Å². The van der Waals surface area contributed by atoms with E-state index in [4.69, 9.17) is 4.42 Å². The van der Waals surface area contributed by atoms with Gasteiger partial charge in [-0.3, -0.25) is 4.79 Å². The molecule has 4 rings (SSSR count). The van der Waals surface area contributed by atoms with Gasteiger partial charge in [-0.25, -0.2) is 0 Å². The van der Waals surface area contributed by atoms with Gasteiger partial charge in [-0.15, -0.1) is 0 Å². The molecule has 3 atom stereocenters. The number of benzene rings is 1. The van der Waals surface area contributed by atoms with E-state index in [1.165, 1.54) is 11.1 Å². The Morgan fingerprint density at radius 2 is 2.13 bits per heavy atom. The third-order valence-electron chi connectivity index (χ3n) is 6.02. The van der Waals surface area contributed by atoms with E-state index in [0.29, 0.717) is 12.8 Å². The maximum atomic E-state index is 12.8. The highest BCUT2D eigenvalue weighted by Crippen LogP contribution is 2.54. The number of carbonyl (C=O) groups is 1. The zero-order chi connectivity index (χ0) is 16.2. The number of furan rings is 1. The molecular weight excluding hydrogens is 288 g/mol. The molecule has 1 aromatic carbocycles. The van der Waals surface area contributed by atoms with E-state index in [-0.39, 0.29) is 11.7 Å². The topological polar surface area (TPSA) is 50.4 Å². The molecule has 0 spiro atoms. The Kier molecular flexibility index (Phi) is 3.08. The highest BCUT2D eigenvalue weighted by Gasteiger charge is 2.59. The molecule has 2 aromatic rings. The number of carbonyl (C=O) groups excluding carboxylic acids is 1. The summed E-state index contributed by atoms with van der Waals surface area (Å²) in [6, 6.07) is 10.2. The predicted octanol–water partition coefficient (Wildman–Crippen LogP) is 3.67. The van der Waals surface area contributed by atoms with Crippen LogP contribution in [-0.2, 0) is 16.6 Å². The first-order chi connectivity index (χ1) is 10.9. The Bertz CT molecular complexity index is 761. The van der Waals surface area contributed by atoms with Crippen molar-refractivity contribution >= 4 is 5.78 Å². The third kappa shape index (κ3) is 1.96. The van der Waals surface area contributed by atoms with Gasteiger partial charge >= 0.3 is 0 Å². The molecule has 1 aromatic heterocycles. The van der Waals surface area contributed by atoms with Crippen LogP contribution in [0, 0.1) is 6.92 Å². The van der Waals surface area contributed by atoms with Gasteiger partial charge < -0.3 is 9.52 Å². The lowest BCUT2D eigenvalue weighted by Gasteiger charge is -2.53. The van der Waals surface area contributed by atoms with Crippen molar-refractivity contribution in [2.24, 2.45) is 0 Å². The first-order valence-corrected chi connectivity index (χ1v) is 8.33. The van der Waals surface area contributed by atoms with Gasteiger partial charge in [0.15, 0.2) is 5.78 Å².